The molecule has 0 aromatic rings. The Morgan fingerprint density at radius 2 is 2.13 bits per heavy atom. The molecule has 1 saturated carbocycles. The maximum absolute atomic E-state index is 11.5. The van der Waals surface area contributed by atoms with E-state index in [-0.39, 0.29) is 11.2 Å². The summed E-state index contributed by atoms with van der Waals surface area (Å²) in [6.45, 7) is 1.52. The van der Waals surface area contributed by atoms with Crippen LogP contribution in [0.15, 0.2) is 0 Å². The van der Waals surface area contributed by atoms with Gasteiger partial charge in [0.05, 0.1) is 5.75 Å². The molecule has 5 nitrogen and oxygen atoms in total. The van der Waals surface area contributed by atoms with Gasteiger partial charge in [0.15, 0.2) is 0 Å². The van der Waals surface area contributed by atoms with E-state index < -0.39 is 10.0 Å². The molecule has 0 bridgehead atoms. The Kier molecular flexibility index (Phi) is 4.51. The molecule has 90 valence electrons. The first-order chi connectivity index (χ1) is 7.04. The third-order valence-electron chi connectivity index (χ3n) is 2.82. The smallest absolute Gasteiger partial charge is 0.211 e. The van der Waals surface area contributed by atoms with Gasteiger partial charge >= 0.3 is 0 Å². The fraction of sp³-hybridized carbons (Fsp3) is 1.00. The van der Waals surface area contributed by atoms with E-state index >= 15 is 0 Å². The van der Waals surface area contributed by atoms with Gasteiger partial charge in [-0.1, -0.05) is 0 Å². The van der Waals surface area contributed by atoms with Gasteiger partial charge in [-0.15, -0.1) is 0 Å². The van der Waals surface area contributed by atoms with E-state index in [1.807, 2.05) is 0 Å². The van der Waals surface area contributed by atoms with Gasteiger partial charge in [-0.05, 0) is 31.2 Å². The summed E-state index contributed by atoms with van der Waals surface area (Å²) in [6, 6.07) is 0. The zero-order chi connectivity index (χ0) is 11.4. The largest absolute Gasteiger partial charge is 0.385 e. The molecule has 0 amide bonds. The number of hydrogen-bond acceptors (Lipinski definition) is 4. The maximum atomic E-state index is 11.5. The molecule has 0 aromatic carbocycles. The van der Waals surface area contributed by atoms with Crippen LogP contribution in [0.5, 0.6) is 0 Å². The fourth-order valence-corrected chi connectivity index (χ4v) is 2.53. The summed E-state index contributed by atoms with van der Waals surface area (Å²) >= 11 is 0. The SMILES string of the molecule is COCCCS(=O)(=O)NCC1(CN)CC1. The molecule has 1 fully saturated rings. The van der Waals surface area contributed by atoms with Crippen molar-refractivity contribution in [3.05, 3.63) is 0 Å². The lowest BCUT2D eigenvalue weighted by molar-refractivity contribution is 0.199. The van der Waals surface area contributed by atoms with Crippen LogP contribution in [0.25, 0.3) is 0 Å². The Morgan fingerprint density at radius 3 is 2.60 bits per heavy atom. The summed E-state index contributed by atoms with van der Waals surface area (Å²) in [4.78, 5) is 0. The lowest BCUT2D eigenvalue weighted by Gasteiger charge is -2.13. The monoisotopic (exact) mass is 236 g/mol. The minimum Gasteiger partial charge on any atom is -0.385 e. The van der Waals surface area contributed by atoms with Crippen molar-refractivity contribution in [2.24, 2.45) is 11.1 Å². The molecule has 0 aromatic heterocycles. The van der Waals surface area contributed by atoms with E-state index in [2.05, 4.69) is 4.72 Å². The van der Waals surface area contributed by atoms with Crippen molar-refractivity contribution in [2.45, 2.75) is 19.3 Å². The van der Waals surface area contributed by atoms with Crippen LogP contribution in [0.1, 0.15) is 19.3 Å². The lowest BCUT2D eigenvalue weighted by Crippen LogP contribution is -2.35. The first kappa shape index (κ1) is 12.9. The van der Waals surface area contributed by atoms with Crippen molar-refractivity contribution in [1.82, 2.24) is 4.72 Å². The van der Waals surface area contributed by atoms with Crippen LogP contribution in [0.2, 0.25) is 0 Å². The molecule has 0 radical (unpaired) electrons. The van der Waals surface area contributed by atoms with Crippen LogP contribution < -0.4 is 10.5 Å². The average Bonchev–Trinajstić information content (AvgIpc) is 2.96. The summed E-state index contributed by atoms with van der Waals surface area (Å²) in [7, 11) is -1.58. The second-order valence-corrected chi connectivity index (χ2v) is 6.12. The van der Waals surface area contributed by atoms with Crippen LogP contribution in [-0.4, -0.2) is 41.0 Å². The summed E-state index contributed by atoms with van der Waals surface area (Å²) in [5, 5.41) is 0. The number of methoxy groups -OCH3 is 1. The molecule has 0 atom stereocenters. The Labute approximate surface area is 91.4 Å². The molecule has 0 saturated heterocycles. The topological polar surface area (TPSA) is 81.4 Å². The molecule has 0 heterocycles. The third kappa shape index (κ3) is 4.46. The number of hydrogen-bond donors (Lipinski definition) is 2. The zero-order valence-electron chi connectivity index (χ0n) is 9.16. The normalized spacial score (nSPS) is 19.1. The first-order valence-electron chi connectivity index (χ1n) is 5.20. The van der Waals surface area contributed by atoms with Crippen molar-refractivity contribution >= 4 is 10.0 Å². The Bertz CT molecular complexity index is 286. The first-order valence-corrected chi connectivity index (χ1v) is 6.85. The third-order valence-corrected chi connectivity index (χ3v) is 4.23. The van der Waals surface area contributed by atoms with E-state index in [1.165, 1.54) is 0 Å². The predicted octanol–water partition coefficient (Wildman–Crippen LogP) is -0.319. The minimum absolute atomic E-state index is 0.0499. The molecular weight excluding hydrogens is 216 g/mol. The lowest BCUT2D eigenvalue weighted by atomic mass is 10.1. The molecule has 3 N–H and O–H groups in total. The Balaban J connectivity index is 2.24. The second kappa shape index (κ2) is 5.25. The highest BCUT2D eigenvalue weighted by Gasteiger charge is 2.41. The summed E-state index contributed by atoms with van der Waals surface area (Å²) in [6.07, 6.45) is 2.59. The quantitative estimate of drug-likeness (QED) is 0.566. The molecule has 0 spiro atoms. The number of nitrogens with one attached hydrogen (secondary N) is 1. The standard InChI is InChI=1S/C9H20N2O3S/c1-14-5-2-6-15(12,13)11-8-9(7-10)3-4-9/h11H,2-8,10H2,1H3. The molecule has 0 unspecified atom stereocenters. The van der Waals surface area contributed by atoms with Gasteiger partial charge < -0.3 is 10.5 Å². The molecule has 0 aliphatic heterocycles. The van der Waals surface area contributed by atoms with Crippen LogP contribution in [0.3, 0.4) is 0 Å². The molecule has 1 rings (SSSR count). The van der Waals surface area contributed by atoms with Crippen LogP contribution >= 0.6 is 0 Å². The summed E-state index contributed by atoms with van der Waals surface area (Å²) in [5.74, 6) is 0.126. The van der Waals surface area contributed by atoms with Gasteiger partial charge in [-0.25, -0.2) is 13.1 Å². The zero-order valence-corrected chi connectivity index (χ0v) is 9.98. The minimum atomic E-state index is -3.14. The van der Waals surface area contributed by atoms with E-state index in [4.69, 9.17) is 10.5 Å². The van der Waals surface area contributed by atoms with Crippen LogP contribution in [-0.2, 0) is 14.8 Å². The van der Waals surface area contributed by atoms with E-state index in [0.29, 0.717) is 26.1 Å². The maximum Gasteiger partial charge on any atom is 0.211 e. The number of ether oxygens (including phenoxy) is 1. The Morgan fingerprint density at radius 1 is 1.47 bits per heavy atom. The van der Waals surface area contributed by atoms with Gasteiger partial charge in [0.1, 0.15) is 0 Å². The van der Waals surface area contributed by atoms with Gasteiger partial charge in [0.2, 0.25) is 10.0 Å². The average molecular weight is 236 g/mol. The van der Waals surface area contributed by atoms with E-state index in [1.54, 1.807) is 7.11 Å². The van der Waals surface area contributed by atoms with Crippen LogP contribution in [0.4, 0.5) is 0 Å². The van der Waals surface area contributed by atoms with Gasteiger partial charge in [0.25, 0.3) is 0 Å². The van der Waals surface area contributed by atoms with Crippen molar-refractivity contribution < 1.29 is 13.2 Å². The van der Waals surface area contributed by atoms with Crippen molar-refractivity contribution in [3.63, 3.8) is 0 Å². The van der Waals surface area contributed by atoms with E-state index in [9.17, 15) is 8.42 Å². The molecule has 1 aliphatic carbocycles. The highest BCUT2D eigenvalue weighted by atomic mass is 32.2. The fourth-order valence-electron chi connectivity index (χ4n) is 1.36. The second-order valence-electron chi connectivity index (χ2n) is 4.19. The van der Waals surface area contributed by atoms with Crippen molar-refractivity contribution in [3.8, 4) is 0 Å². The highest BCUT2D eigenvalue weighted by Crippen LogP contribution is 2.43. The summed E-state index contributed by atoms with van der Waals surface area (Å²) < 4.78 is 30.4. The highest BCUT2D eigenvalue weighted by molar-refractivity contribution is 7.89. The molecule has 15 heavy (non-hydrogen) atoms. The summed E-state index contributed by atoms with van der Waals surface area (Å²) in [5.41, 5.74) is 5.61. The molecule has 1 aliphatic rings. The Hall–Kier alpha value is -0.170. The number of sulfonamides is 1. The van der Waals surface area contributed by atoms with Gasteiger partial charge in [0, 0.05) is 20.3 Å². The number of nitrogens with two attached hydrogens (primary N) is 1. The van der Waals surface area contributed by atoms with E-state index in [0.717, 1.165) is 12.8 Å². The van der Waals surface area contributed by atoms with Gasteiger partial charge in [-0.3, -0.25) is 0 Å². The van der Waals surface area contributed by atoms with Crippen molar-refractivity contribution in [2.75, 3.05) is 32.6 Å². The molecular formula is C9H20N2O3S. The van der Waals surface area contributed by atoms with Gasteiger partial charge in [-0.2, -0.15) is 0 Å². The number of rotatable bonds is 8. The molecule has 6 heteroatoms. The van der Waals surface area contributed by atoms with Crippen LogP contribution in [0, 0.1) is 5.41 Å². The van der Waals surface area contributed by atoms with Crippen molar-refractivity contribution in [1.29, 1.82) is 0 Å². The predicted molar refractivity (Wildman–Crippen MR) is 59.0 cm³/mol.